The summed E-state index contributed by atoms with van der Waals surface area (Å²) >= 11 is 0. The maximum atomic E-state index is 17.0. The van der Waals surface area contributed by atoms with Crippen molar-refractivity contribution in [2.24, 2.45) is 10.8 Å². The molecule has 5 aromatic rings. The second-order valence-corrected chi connectivity index (χ2v) is 34.0. The van der Waals surface area contributed by atoms with Gasteiger partial charge in [-0.15, -0.1) is 0 Å². The van der Waals surface area contributed by atoms with E-state index in [0.717, 1.165) is 45.4 Å². The van der Waals surface area contributed by atoms with Gasteiger partial charge in [0.1, 0.15) is 52.8 Å². The van der Waals surface area contributed by atoms with Crippen LogP contribution in [0, 0.1) is 41.2 Å². The van der Waals surface area contributed by atoms with Crippen LogP contribution in [0.25, 0.3) is 11.3 Å². The lowest BCUT2D eigenvalue weighted by Gasteiger charge is -2.47. The highest BCUT2D eigenvalue weighted by molar-refractivity contribution is 7.46. The zero-order chi connectivity index (χ0) is 88.6. The van der Waals surface area contributed by atoms with E-state index in [2.05, 4.69) is 62.2 Å². The Balaban J connectivity index is 1.28. The van der Waals surface area contributed by atoms with Crippen LogP contribution in [0.1, 0.15) is 154 Å². The fourth-order valence-electron chi connectivity index (χ4n) is 13.8. The highest BCUT2D eigenvalue weighted by atomic mass is 31.2. The monoisotopic (exact) mass is 1710 g/mol. The average Bonchev–Trinajstić information content (AvgIpc) is 1.75. The number of hydrogen-bond acceptors (Lipinski definition) is 22. The van der Waals surface area contributed by atoms with Crippen LogP contribution in [-0.4, -0.2) is 206 Å². The molecule has 41 heteroatoms. The van der Waals surface area contributed by atoms with Crippen LogP contribution < -0.4 is 36.1 Å². The van der Waals surface area contributed by atoms with Crippen LogP contribution in [-0.2, 0) is 86.6 Å². The number of amides is 5. The van der Waals surface area contributed by atoms with Crippen LogP contribution in [0.3, 0.4) is 0 Å². The number of benzene rings is 3. The van der Waals surface area contributed by atoms with Crippen molar-refractivity contribution < 1.29 is 130 Å². The van der Waals surface area contributed by atoms with Crippen LogP contribution in [0.15, 0.2) is 73.2 Å². The summed E-state index contributed by atoms with van der Waals surface area (Å²) in [5.41, 5.74) is -10.6. The Morgan fingerprint density at radius 1 is 0.697 bits per heavy atom. The van der Waals surface area contributed by atoms with E-state index in [1.165, 1.54) is 105 Å². The number of hydrazine groups is 1. The molecule has 5 heterocycles. The number of hydrogen-bond donors (Lipinski definition) is 7. The van der Waals surface area contributed by atoms with Gasteiger partial charge in [0.05, 0.1) is 87.4 Å². The number of alkyl carbamates (subject to hydrolysis) is 2. The molecule has 7 atom stereocenters. The number of ether oxygens (including phenoxy) is 6. The van der Waals surface area contributed by atoms with Gasteiger partial charge >= 0.3 is 56.8 Å². The average molecular weight is 1710 g/mol. The quantitative estimate of drug-likeness (QED) is 0.00541. The number of alkyl halides is 8. The molecule has 3 aliphatic heterocycles. The van der Waals surface area contributed by atoms with Crippen molar-refractivity contribution in [1.82, 2.24) is 56.4 Å². The number of rotatable bonds is 31. The lowest BCUT2D eigenvalue weighted by Crippen LogP contribution is -2.64. The van der Waals surface area contributed by atoms with Crippen LogP contribution in [0.5, 0.6) is 5.75 Å². The predicted molar refractivity (Wildman–Crippen MR) is 405 cm³/mol. The fourth-order valence-corrected chi connectivity index (χ4v) is 14.2. The van der Waals surface area contributed by atoms with E-state index in [1.54, 1.807) is 5.32 Å². The minimum atomic E-state index is -5.67. The van der Waals surface area contributed by atoms with Crippen molar-refractivity contribution in [1.29, 1.82) is 0 Å². The molecule has 8 rings (SSSR count). The van der Waals surface area contributed by atoms with E-state index in [9.17, 15) is 51.9 Å². The molecule has 3 aliphatic rings. The number of aryl methyl sites for hydroxylation is 1. The lowest BCUT2D eigenvalue weighted by molar-refractivity contribution is -0.221. The standard InChI is InChI=1S/C78H97F10N12O18P/c1-42-26-47(31-59(101)91-56(67(106)117-73(5,6)7)32-60(102)116-72(2,3)4)62(57(27-42)118-119(109,110)111)74(8,9)33-61(103)115-58(39-98(96-66(105)64(94-71(108)113-15)76(12,13)78(86,87)88)38-51-52(79)29-46(30-53(51)80)54-24-25-99(95-54)68(81)82)55(92-65(104)63(93-70(107)112-14)75(10,11)77(83,84)85)28-44-19-16-43(17-20-44)18-21-45-34-89-69(90-35-45)97-36-48-22-23-49(37-97)100(48)50-40-114-41-50/h16-17,19-20,24-27,29-30,34-35,48-50,55-56,58,63-64,68H,22-23,28,31-33,36-41H2,1-15H3,(H,91,101)(H,92,104)(H,93,107)(H,94,108)(H,96,105)(H2,109,110,111)/t48?,49?,55-,56-,58-,63+,64+/m0/s1. The van der Waals surface area contributed by atoms with Gasteiger partial charge in [0.15, 0.2) is 0 Å². The third-order valence-corrected chi connectivity index (χ3v) is 20.3. The van der Waals surface area contributed by atoms with Gasteiger partial charge in [0.25, 0.3) is 5.91 Å². The summed E-state index contributed by atoms with van der Waals surface area (Å²) in [4.78, 5) is 148. The molecule has 3 aromatic carbocycles. The van der Waals surface area contributed by atoms with E-state index in [4.69, 9.17) is 23.5 Å². The summed E-state index contributed by atoms with van der Waals surface area (Å²) in [5.74, 6) is -5.70. The first-order valence-electron chi connectivity index (χ1n) is 37.4. The number of esters is 3. The number of aromatic nitrogens is 4. The van der Waals surface area contributed by atoms with Gasteiger partial charge in [-0.3, -0.25) is 44.1 Å². The molecule has 5 amide bonds. The van der Waals surface area contributed by atoms with Gasteiger partial charge in [0, 0.05) is 78.0 Å². The predicted octanol–water partition coefficient (Wildman–Crippen LogP) is 9.81. The molecule has 2 unspecified atom stereocenters. The SMILES string of the molecule is COC(=O)N[C@H](C(=O)N[C@@H](Cc1ccc(C#Cc2cnc(N3CC4CCC(C3)N4C3COC3)nc2)cc1)[C@H](CN(Cc1c(F)cc(-c2ccn(C(F)F)n2)cc1F)NC(=O)[C@@H](NC(=O)OC)C(C)(C)C(F)(F)F)OC(=O)CC(C)(C)c1c(CC(=O)N[C@@H](CC(=O)OC(C)(C)C)C(=O)OC(C)(C)C)cc(C)cc1OP(=O)(O)O)C(C)(C)C(F)(F)F. The van der Waals surface area contributed by atoms with Gasteiger partial charge in [0.2, 0.25) is 17.8 Å². The summed E-state index contributed by atoms with van der Waals surface area (Å²) in [7, 11) is -4.20. The minimum absolute atomic E-state index is 0.0648. The second-order valence-electron chi connectivity index (χ2n) is 32.9. The molecular weight excluding hydrogens is 1610 g/mol. The van der Waals surface area contributed by atoms with Crippen LogP contribution in [0.4, 0.5) is 59.4 Å². The molecule has 3 fully saturated rings. The Labute approximate surface area is 679 Å². The van der Waals surface area contributed by atoms with E-state index in [1.807, 2.05) is 5.32 Å². The maximum Gasteiger partial charge on any atom is 0.524 e. The van der Waals surface area contributed by atoms with Gasteiger partial charge in [-0.25, -0.2) is 47.4 Å². The Morgan fingerprint density at radius 3 is 1.74 bits per heavy atom. The smallest absolute Gasteiger partial charge is 0.460 e. The van der Waals surface area contributed by atoms with Gasteiger partial charge in [-0.05, 0) is 149 Å². The molecule has 119 heavy (non-hydrogen) atoms. The third kappa shape index (κ3) is 25.2. The van der Waals surface area contributed by atoms with Crippen LogP contribution in [0.2, 0.25) is 0 Å². The molecule has 2 aromatic heterocycles. The molecule has 7 N–H and O–H groups in total. The highest BCUT2D eigenvalue weighted by Crippen LogP contribution is 2.47. The topological polar surface area (TPSA) is 372 Å². The van der Waals surface area contributed by atoms with Crippen LogP contribution >= 0.6 is 7.82 Å². The number of fused-ring (bicyclic) bond motifs is 2. The summed E-state index contributed by atoms with van der Waals surface area (Å²) in [6.07, 6.45) is -14.1. The largest absolute Gasteiger partial charge is 0.524 e. The van der Waals surface area contributed by atoms with Gasteiger partial charge in [-0.1, -0.05) is 43.9 Å². The number of anilines is 1. The van der Waals surface area contributed by atoms with Crippen molar-refractivity contribution in [3.05, 3.63) is 124 Å². The number of piperazine rings is 1. The number of phosphoric acid groups is 1. The lowest BCUT2D eigenvalue weighted by atomic mass is 9.77. The van der Waals surface area contributed by atoms with Crippen molar-refractivity contribution in [2.45, 2.75) is 219 Å². The van der Waals surface area contributed by atoms with E-state index in [-0.39, 0.29) is 32.5 Å². The highest BCUT2D eigenvalue weighted by Gasteiger charge is 2.58. The second kappa shape index (κ2) is 37.6. The normalized spacial score (nSPS) is 17.0. The number of methoxy groups -OCH3 is 2. The number of nitrogens with zero attached hydrogens (tertiary/aromatic N) is 7. The minimum Gasteiger partial charge on any atom is -0.460 e. The van der Waals surface area contributed by atoms with E-state index in [0.29, 0.717) is 101 Å². The van der Waals surface area contributed by atoms with E-state index < -0.39 is 205 Å². The molecule has 652 valence electrons. The zero-order valence-electron chi connectivity index (χ0n) is 67.9. The Hall–Kier alpha value is -10.2. The first-order valence-corrected chi connectivity index (χ1v) is 38.9. The van der Waals surface area contributed by atoms with Crippen molar-refractivity contribution in [3.8, 4) is 28.8 Å². The number of nitrogens with one attached hydrogen (secondary N) is 5. The zero-order valence-corrected chi connectivity index (χ0v) is 68.8. The number of carbonyl (C=O) groups is 8. The van der Waals surface area contributed by atoms with Crippen molar-refractivity contribution in [3.63, 3.8) is 0 Å². The molecule has 3 saturated heterocycles. The first kappa shape index (κ1) is 94.3. The summed E-state index contributed by atoms with van der Waals surface area (Å²) in [6, 6.07) is 1.69. The Bertz CT molecular complexity index is 4600. The molecule has 0 aliphatic carbocycles. The summed E-state index contributed by atoms with van der Waals surface area (Å²) in [6.45, 7) is 11.6. The number of carbonyl (C=O) groups excluding carboxylic acids is 8. The third-order valence-electron chi connectivity index (χ3n) is 19.9. The van der Waals surface area contributed by atoms with Gasteiger partial charge < -0.3 is 59.1 Å². The first-order chi connectivity index (χ1) is 55.0. The molecule has 0 radical (unpaired) electrons. The van der Waals surface area contributed by atoms with E-state index >= 15 is 44.7 Å². The molecular formula is C78H97F10N12O18P. The molecule has 30 nitrogen and oxygen atoms in total. The Morgan fingerprint density at radius 2 is 1.24 bits per heavy atom. The molecule has 2 bridgehead atoms. The summed E-state index contributed by atoms with van der Waals surface area (Å²) in [5, 5.41) is 12.5. The Kier molecular flexibility index (Phi) is 29.8. The number of phosphoric ester groups is 1. The maximum absolute atomic E-state index is 17.0. The fraction of sp³-hybridized carbons (Fsp3) is 0.551. The molecule has 0 spiro atoms. The van der Waals surface area contributed by atoms with Crippen molar-refractivity contribution >= 4 is 61.6 Å². The number of halogens is 10. The summed E-state index contributed by atoms with van der Waals surface area (Å²) < 4.78 is 204. The molecule has 0 saturated carbocycles. The van der Waals surface area contributed by atoms with Crippen molar-refractivity contribution in [2.75, 3.05) is 52.0 Å². The van der Waals surface area contributed by atoms with Gasteiger partial charge in [-0.2, -0.15) is 40.2 Å².